The van der Waals surface area contributed by atoms with Crippen molar-refractivity contribution in [3.8, 4) is 0 Å². The highest BCUT2D eigenvalue weighted by Gasteiger charge is 2.15. The molecule has 0 spiro atoms. The largest absolute Gasteiger partial charge is 0.478 e. The van der Waals surface area contributed by atoms with Crippen molar-refractivity contribution in [1.29, 1.82) is 0 Å². The molecular formula is C12H9ClN2O4S. The minimum absolute atomic E-state index is 0.0112. The number of benzene rings is 1. The summed E-state index contributed by atoms with van der Waals surface area (Å²) in [5.41, 5.74) is 0.272. The van der Waals surface area contributed by atoms with Crippen LogP contribution in [0.1, 0.15) is 10.4 Å². The zero-order valence-electron chi connectivity index (χ0n) is 9.95. The van der Waals surface area contributed by atoms with E-state index in [4.69, 9.17) is 16.7 Å². The number of carboxylic acids is 1. The van der Waals surface area contributed by atoms with Crippen LogP contribution in [0.3, 0.4) is 0 Å². The Labute approximate surface area is 120 Å². The quantitative estimate of drug-likeness (QED) is 0.844. The molecule has 0 aliphatic rings. The monoisotopic (exact) mass is 312 g/mol. The first-order valence-electron chi connectivity index (χ1n) is 5.36. The Balaban J connectivity index is 2.26. The Morgan fingerprint density at radius 3 is 2.30 bits per heavy atom. The molecule has 2 rings (SSSR count). The van der Waals surface area contributed by atoms with E-state index in [2.05, 4.69) is 9.71 Å². The van der Waals surface area contributed by atoms with Gasteiger partial charge in [0.15, 0.2) is 0 Å². The zero-order chi connectivity index (χ0) is 14.8. The second-order valence-corrected chi connectivity index (χ2v) is 5.87. The highest BCUT2D eigenvalue weighted by atomic mass is 35.5. The molecule has 0 atom stereocenters. The van der Waals surface area contributed by atoms with Gasteiger partial charge in [0.25, 0.3) is 10.0 Å². The van der Waals surface area contributed by atoms with Gasteiger partial charge in [0.2, 0.25) is 0 Å². The molecule has 0 saturated carbocycles. The summed E-state index contributed by atoms with van der Waals surface area (Å²) in [5, 5.41) is 9.00. The number of sulfonamides is 1. The summed E-state index contributed by atoms with van der Waals surface area (Å²) in [7, 11) is -3.79. The molecule has 1 aromatic carbocycles. The van der Waals surface area contributed by atoms with Gasteiger partial charge < -0.3 is 5.11 Å². The van der Waals surface area contributed by atoms with Gasteiger partial charge in [-0.25, -0.2) is 18.2 Å². The highest BCUT2D eigenvalue weighted by molar-refractivity contribution is 7.92. The number of carbonyl (C=O) groups is 1. The van der Waals surface area contributed by atoms with Gasteiger partial charge >= 0.3 is 5.97 Å². The standard InChI is InChI=1S/C12H9ClN2O4S/c13-11-6-3-9(7-14-11)15-20(18,19)10-4-1-8(2-5-10)12(16)17/h1-7,15H,(H,16,17). The van der Waals surface area contributed by atoms with Crippen LogP contribution in [0.4, 0.5) is 5.69 Å². The van der Waals surface area contributed by atoms with E-state index in [1.54, 1.807) is 0 Å². The molecule has 1 aromatic heterocycles. The molecule has 0 amide bonds. The second kappa shape index (κ2) is 5.48. The van der Waals surface area contributed by atoms with E-state index in [1.807, 2.05) is 0 Å². The van der Waals surface area contributed by atoms with Gasteiger partial charge in [0.05, 0.1) is 22.3 Å². The first-order valence-corrected chi connectivity index (χ1v) is 7.22. The summed E-state index contributed by atoms with van der Waals surface area (Å²) in [4.78, 5) is 14.4. The van der Waals surface area contributed by atoms with Crippen molar-refractivity contribution in [1.82, 2.24) is 4.98 Å². The molecule has 0 radical (unpaired) electrons. The molecule has 0 aliphatic carbocycles. The van der Waals surface area contributed by atoms with E-state index in [0.29, 0.717) is 0 Å². The molecule has 0 bridgehead atoms. The van der Waals surface area contributed by atoms with Crippen molar-refractivity contribution in [3.05, 3.63) is 53.3 Å². The summed E-state index contributed by atoms with van der Waals surface area (Å²) >= 11 is 5.60. The van der Waals surface area contributed by atoms with Crippen LogP contribution in [0.5, 0.6) is 0 Å². The maximum absolute atomic E-state index is 12.0. The first kappa shape index (κ1) is 14.3. The summed E-state index contributed by atoms with van der Waals surface area (Å²) in [6.45, 7) is 0. The molecule has 1 heterocycles. The lowest BCUT2D eigenvalue weighted by molar-refractivity contribution is 0.0697. The first-order chi connectivity index (χ1) is 9.38. The van der Waals surface area contributed by atoms with Crippen LogP contribution in [0, 0.1) is 0 Å². The van der Waals surface area contributed by atoms with Crippen molar-refractivity contribution >= 4 is 33.3 Å². The molecule has 8 heteroatoms. The lowest BCUT2D eigenvalue weighted by Gasteiger charge is -2.07. The van der Waals surface area contributed by atoms with Crippen LogP contribution in [0.2, 0.25) is 5.15 Å². The van der Waals surface area contributed by atoms with Crippen LogP contribution >= 0.6 is 11.6 Å². The Bertz CT molecular complexity index is 727. The Hall–Kier alpha value is -2.12. The highest BCUT2D eigenvalue weighted by Crippen LogP contribution is 2.17. The molecule has 20 heavy (non-hydrogen) atoms. The third kappa shape index (κ3) is 3.25. The average Bonchev–Trinajstić information content (AvgIpc) is 2.41. The molecule has 2 N–H and O–H groups in total. The van der Waals surface area contributed by atoms with Gasteiger partial charge in [-0.3, -0.25) is 4.72 Å². The minimum atomic E-state index is -3.79. The van der Waals surface area contributed by atoms with Gasteiger partial charge in [-0.05, 0) is 36.4 Å². The lowest BCUT2D eigenvalue weighted by Crippen LogP contribution is -2.13. The number of nitrogens with one attached hydrogen (secondary N) is 1. The molecule has 0 aliphatic heterocycles. The third-order valence-electron chi connectivity index (χ3n) is 2.39. The van der Waals surface area contributed by atoms with Gasteiger partial charge in [-0.15, -0.1) is 0 Å². The van der Waals surface area contributed by atoms with Crippen LogP contribution in [0.25, 0.3) is 0 Å². The molecule has 0 unspecified atom stereocenters. The summed E-state index contributed by atoms with van der Waals surface area (Å²) in [5.74, 6) is -1.12. The molecular weight excluding hydrogens is 304 g/mol. The number of aromatic carboxylic acids is 1. The SMILES string of the molecule is O=C(O)c1ccc(S(=O)(=O)Nc2ccc(Cl)nc2)cc1. The fourth-order valence-corrected chi connectivity index (χ4v) is 2.58. The number of rotatable bonds is 4. The molecule has 0 fully saturated rings. The van der Waals surface area contributed by atoms with Gasteiger partial charge in [-0.2, -0.15) is 0 Å². The molecule has 104 valence electrons. The number of nitrogens with zero attached hydrogens (tertiary/aromatic N) is 1. The van der Waals surface area contributed by atoms with E-state index < -0.39 is 16.0 Å². The Morgan fingerprint density at radius 2 is 1.80 bits per heavy atom. The summed E-state index contributed by atoms with van der Waals surface area (Å²) < 4.78 is 26.4. The second-order valence-electron chi connectivity index (χ2n) is 3.80. The molecule has 2 aromatic rings. The molecule has 0 saturated heterocycles. The van der Waals surface area contributed by atoms with Crippen molar-refractivity contribution in [3.63, 3.8) is 0 Å². The number of pyridine rings is 1. The zero-order valence-corrected chi connectivity index (χ0v) is 11.5. The van der Waals surface area contributed by atoms with Gasteiger partial charge in [0, 0.05) is 0 Å². The predicted octanol–water partition coefficient (Wildman–Crippen LogP) is 2.23. The van der Waals surface area contributed by atoms with Crippen LogP contribution in [-0.2, 0) is 10.0 Å². The normalized spacial score (nSPS) is 11.1. The van der Waals surface area contributed by atoms with Crippen molar-refractivity contribution in [2.45, 2.75) is 4.90 Å². The van der Waals surface area contributed by atoms with Gasteiger partial charge in [0.1, 0.15) is 5.15 Å². The number of halogens is 1. The van der Waals surface area contributed by atoms with E-state index in [0.717, 1.165) is 0 Å². The van der Waals surface area contributed by atoms with E-state index in [1.165, 1.54) is 42.6 Å². The van der Waals surface area contributed by atoms with Crippen LogP contribution in [-0.4, -0.2) is 24.5 Å². The van der Waals surface area contributed by atoms with E-state index in [9.17, 15) is 13.2 Å². The Kier molecular flexibility index (Phi) is 3.91. The predicted molar refractivity (Wildman–Crippen MR) is 73.5 cm³/mol. The van der Waals surface area contributed by atoms with Gasteiger partial charge in [-0.1, -0.05) is 11.6 Å². The number of aromatic nitrogens is 1. The third-order valence-corrected chi connectivity index (χ3v) is 4.01. The minimum Gasteiger partial charge on any atom is -0.478 e. The number of anilines is 1. The number of carboxylic acid groups (broad SMARTS) is 1. The van der Waals surface area contributed by atoms with Crippen LogP contribution < -0.4 is 4.72 Å². The van der Waals surface area contributed by atoms with Crippen molar-refractivity contribution < 1.29 is 18.3 Å². The maximum atomic E-state index is 12.0. The maximum Gasteiger partial charge on any atom is 0.335 e. The summed E-state index contributed by atoms with van der Waals surface area (Å²) in [6, 6.07) is 7.80. The number of hydrogen-bond acceptors (Lipinski definition) is 4. The number of hydrogen-bond donors (Lipinski definition) is 2. The fourth-order valence-electron chi connectivity index (χ4n) is 1.43. The summed E-state index contributed by atoms with van der Waals surface area (Å²) in [6.07, 6.45) is 1.28. The van der Waals surface area contributed by atoms with Crippen LogP contribution in [0.15, 0.2) is 47.5 Å². The van der Waals surface area contributed by atoms with Crippen molar-refractivity contribution in [2.24, 2.45) is 0 Å². The smallest absolute Gasteiger partial charge is 0.335 e. The van der Waals surface area contributed by atoms with Crippen molar-refractivity contribution in [2.75, 3.05) is 4.72 Å². The lowest BCUT2D eigenvalue weighted by atomic mass is 10.2. The average molecular weight is 313 g/mol. The van der Waals surface area contributed by atoms with E-state index in [-0.39, 0.29) is 21.3 Å². The topological polar surface area (TPSA) is 96.4 Å². The fraction of sp³-hybridized carbons (Fsp3) is 0. The van der Waals surface area contributed by atoms with E-state index >= 15 is 0 Å². The Morgan fingerprint density at radius 1 is 1.15 bits per heavy atom. The molecule has 6 nitrogen and oxygen atoms in total.